The van der Waals surface area contributed by atoms with Crippen molar-refractivity contribution in [2.24, 2.45) is 0 Å². The second-order valence-electron chi connectivity index (χ2n) is 7.56. The van der Waals surface area contributed by atoms with Crippen molar-refractivity contribution in [1.29, 1.82) is 0 Å². The molecule has 0 fully saturated rings. The largest absolute Gasteiger partial charge is 2.00 e. The van der Waals surface area contributed by atoms with Crippen LogP contribution in [-0.2, 0) is 25.6 Å². The fourth-order valence-corrected chi connectivity index (χ4v) is 6.90. The van der Waals surface area contributed by atoms with Crippen LogP contribution in [0.1, 0.15) is 1.37 Å². The van der Waals surface area contributed by atoms with Gasteiger partial charge in [0.2, 0.25) is 5.88 Å². The van der Waals surface area contributed by atoms with Crippen molar-refractivity contribution in [2.45, 2.75) is 0 Å². The van der Waals surface area contributed by atoms with Gasteiger partial charge in [-0.05, 0) is 23.7 Å². The summed E-state index contributed by atoms with van der Waals surface area (Å²) in [5, 5.41) is 1.27. The molecule has 1 atom stereocenters. The van der Waals surface area contributed by atoms with Gasteiger partial charge in [0, 0.05) is 29.5 Å². The Morgan fingerprint density at radius 1 is 0.765 bits per heavy atom. The summed E-state index contributed by atoms with van der Waals surface area (Å²) < 4.78 is 29.0. The first-order chi connectivity index (χ1) is 16.6. The summed E-state index contributed by atoms with van der Waals surface area (Å²) in [5.74, 6) is 1.00. The molecule has 0 radical (unpaired) electrons. The number of rotatable bonds is 4. The molecule has 3 heterocycles. The van der Waals surface area contributed by atoms with E-state index in [0.29, 0.717) is 22.2 Å². The van der Waals surface area contributed by atoms with Gasteiger partial charge in [-0.2, -0.15) is 24.3 Å². The predicted octanol–water partition coefficient (Wildman–Crippen LogP) is 5.15. The van der Waals surface area contributed by atoms with Crippen LogP contribution in [0, 0.1) is 12.1 Å². The van der Waals surface area contributed by atoms with Gasteiger partial charge in [-0.25, -0.2) is 16.1 Å². The number of fused-ring (bicyclic) bond motifs is 3. The van der Waals surface area contributed by atoms with E-state index in [0.717, 1.165) is 22.3 Å². The maximum absolute atomic E-state index is 14.7. The molecule has 0 saturated carbocycles. The fraction of sp³-hybridized carbons (Fsp3) is 0. The Labute approximate surface area is 213 Å². The van der Waals surface area contributed by atoms with Gasteiger partial charge in [0.05, 0.1) is 1.37 Å². The second-order valence-corrected chi connectivity index (χ2v) is 10.1. The van der Waals surface area contributed by atoms with Crippen LogP contribution >= 0.6 is 7.14 Å². The molecule has 3 aromatic carbocycles. The molecule has 0 N–H and O–H groups in total. The Balaban J connectivity index is 0.00000253. The Morgan fingerprint density at radius 2 is 1.56 bits per heavy atom. The summed E-state index contributed by atoms with van der Waals surface area (Å²) in [7, 11) is -3.36. The van der Waals surface area contributed by atoms with Crippen LogP contribution in [0.4, 0.5) is 0 Å². The standard InChI is InChI=1S/C28H17N2O2P.Pt/c31-33(28-13-4-6-17-30-28)25-11-2-1-10-23(25)24-15-14-21(19-26(24)33)20-8-7-9-22(18-20)32-27-12-3-5-16-29-27;/h1-17H;/q-2;+2/i13D;. The minimum absolute atomic E-state index is 0. The van der Waals surface area contributed by atoms with Gasteiger partial charge in [0.25, 0.3) is 0 Å². The smallest absolute Gasteiger partial charge is 0.460 e. The summed E-state index contributed by atoms with van der Waals surface area (Å²) >= 11 is 0. The topological polar surface area (TPSA) is 52.1 Å². The van der Waals surface area contributed by atoms with Crippen molar-refractivity contribution in [2.75, 3.05) is 0 Å². The quantitative estimate of drug-likeness (QED) is 0.198. The number of nitrogens with zero attached hydrogens (tertiary/aromatic N) is 2. The van der Waals surface area contributed by atoms with E-state index < -0.39 is 7.14 Å². The summed E-state index contributed by atoms with van der Waals surface area (Å²) in [4.78, 5) is 8.58. The van der Waals surface area contributed by atoms with Gasteiger partial charge >= 0.3 is 21.1 Å². The third-order valence-corrected chi connectivity index (χ3v) is 8.47. The number of ether oxygens (including phenoxy) is 1. The predicted molar refractivity (Wildman–Crippen MR) is 130 cm³/mol. The molecule has 6 rings (SSSR count). The number of hydrogen-bond donors (Lipinski definition) is 0. The van der Waals surface area contributed by atoms with E-state index in [1.54, 1.807) is 30.6 Å². The maximum Gasteiger partial charge on any atom is 2.00 e. The van der Waals surface area contributed by atoms with Gasteiger partial charge in [0.1, 0.15) is 5.44 Å². The van der Waals surface area contributed by atoms with E-state index in [2.05, 4.69) is 22.1 Å². The first-order valence-electron chi connectivity index (χ1n) is 11.0. The third kappa shape index (κ3) is 3.74. The minimum atomic E-state index is -3.36. The van der Waals surface area contributed by atoms with Crippen molar-refractivity contribution in [3.8, 4) is 33.9 Å². The second kappa shape index (κ2) is 9.14. The van der Waals surface area contributed by atoms with Crippen LogP contribution in [-0.4, -0.2) is 9.97 Å². The van der Waals surface area contributed by atoms with E-state index in [-0.39, 0.29) is 32.5 Å². The van der Waals surface area contributed by atoms with E-state index >= 15 is 0 Å². The normalized spacial score (nSPS) is 16.1. The number of benzene rings is 3. The zero-order chi connectivity index (χ0) is 23.1. The van der Waals surface area contributed by atoms with Gasteiger partial charge in [-0.3, -0.25) is 4.98 Å². The van der Waals surface area contributed by atoms with Crippen LogP contribution in [0.2, 0.25) is 0 Å². The Hall–Kier alpha value is -3.32. The van der Waals surface area contributed by atoms with E-state index in [9.17, 15) is 4.57 Å². The van der Waals surface area contributed by atoms with Crippen molar-refractivity contribution >= 4 is 23.2 Å². The monoisotopic (exact) mass is 640 g/mol. The molecular formula is C28H17N2O2PPt. The molecule has 34 heavy (non-hydrogen) atoms. The summed E-state index contributed by atoms with van der Waals surface area (Å²) in [6.07, 6.45) is 3.25. The fourth-order valence-electron chi connectivity index (χ4n) is 4.09. The SMILES string of the molecule is [2H]c1cccnc1P1(=O)c2[c-]c(-c3[c-]c(Oc4ccccn4)ccc3)ccc2-c2ccccc21.[Pt+2]. The maximum atomic E-state index is 14.7. The number of pyridine rings is 2. The average Bonchev–Trinajstić information content (AvgIpc) is 3.14. The van der Waals surface area contributed by atoms with Crippen LogP contribution < -0.4 is 20.8 Å². The molecule has 1 aliphatic rings. The molecule has 1 aliphatic heterocycles. The number of aromatic nitrogens is 2. The average molecular weight is 641 g/mol. The van der Waals surface area contributed by atoms with Crippen LogP contribution in [0.25, 0.3) is 22.3 Å². The molecule has 6 heteroatoms. The molecule has 0 bridgehead atoms. The van der Waals surface area contributed by atoms with Crippen LogP contribution in [0.5, 0.6) is 11.6 Å². The molecule has 2 aromatic heterocycles. The molecule has 1 unspecified atom stereocenters. The van der Waals surface area contributed by atoms with Crippen molar-refractivity contribution in [1.82, 2.24) is 9.97 Å². The Morgan fingerprint density at radius 3 is 2.41 bits per heavy atom. The molecule has 0 spiro atoms. The summed E-state index contributed by atoms with van der Waals surface area (Å²) in [5.41, 5.74) is 3.52. The first-order valence-corrected chi connectivity index (χ1v) is 12.2. The van der Waals surface area contributed by atoms with E-state index in [1.807, 2.05) is 66.7 Å². The summed E-state index contributed by atoms with van der Waals surface area (Å²) in [6, 6.07) is 32.7. The van der Waals surface area contributed by atoms with E-state index in [1.165, 1.54) is 0 Å². The van der Waals surface area contributed by atoms with Crippen molar-refractivity contribution in [3.05, 3.63) is 115 Å². The van der Waals surface area contributed by atoms with Gasteiger partial charge in [-0.15, -0.1) is 18.2 Å². The Kier molecular flexibility index (Phi) is 5.71. The van der Waals surface area contributed by atoms with E-state index in [4.69, 9.17) is 6.11 Å². The summed E-state index contributed by atoms with van der Waals surface area (Å²) in [6.45, 7) is 0. The Bertz CT molecular complexity index is 1590. The van der Waals surface area contributed by atoms with Crippen molar-refractivity contribution in [3.63, 3.8) is 0 Å². The molecule has 0 aliphatic carbocycles. The van der Waals surface area contributed by atoms with Crippen LogP contribution in [0.3, 0.4) is 0 Å². The van der Waals surface area contributed by atoms with Gasteiger partial charge in [0.15, 0.2) is 7.14 Å². The van der Waals surface area contributed by atoms with Gasteiger partial charge in [-0.1, -0.05) is 47.3 Å². The number of hydrogen-bond acceptors (Lipinski definition) is 4. The zero-order valence-corrected chi connectivity index (χ0v) is 20.9. The van der Waals surface area contributed by atoms with Gasteiger partial charge < -0.3 is 9.30 Å². The molecule has 0 amide bonds. The molecule has 4 nitrogen and oxygen atoms in total. The molecule has 5 aromatic rings. The third-order valence-electron chi connectivity index (χ3n) is 5.57. The minimum Gasteiger partial charge on any atom is -0.460 e. The zero-order valence-electron chi connectivity index (χ0n) is 18.7. The molecule has 0 saturated heterocycles. The molecular weight excluding hydrogens is 622 g/mol. The van der Waals surface area contributed by atoms with Crippen LogP contribution in [0.15, 0.2) is 103 Å². The first kappa shape index (κ1) is 21.2. The molecule has 166 valence electrons. The van der Waals surface area contributed by atoms with Crippen molar-refractivity contribution < 1.29 is 31.7 Å².